The molecule has 1 aliphatic heterocycles. The van der Waals surface area contributed by atoms with Gasteiger partial charge in [-0.05, 0) is 44.8 Å². The highest BCUT2D eigenvalue weighted by Crippen LogP contribution is 2.15. The van der Waals surface area contributed by atoms with Crippen LogP contribution in [-0.2, 0) is 4.79 Å². The van der Waals surface area contributed by atoms with E-state index in [9.17, 15) is 4.79 Å². The second kappa shape index (κ2) is 6.86. The normalized spacial score (nSPS) is 20.7. The molecule has 16 heavy (non-hydrogen) atoms. The first-order chi connectivity index (χ1) is 7.67. The van der Waals surface area contributed by atoms with Crippen LogP contribution >= 0.6 is 0 Å². The van der Waals surface area contributed by atoms with Gasteiger partial charge in [0.05, 0.1) is 6.04 Å². The van der Waals surface area contributed by atoms with Gasteiger partial charge in [0, 0.05) is 6.54 Å². The molecule has 4 heteroatoms. The second-order valence-electron chi connectivity index (χ2n) is 4.64. The topological polar surface area (TPSA) is 58.4 Å². The van der Waals surface area contributed by atoms with Crippen LogP contribution in [0.2, 0.25) is 0 Å². The summed E-state index contributed by atoms with van der Waals surface area (Å²) in [7, 11) is 0. The largest absolute Gasteiger partial charge is 0.354 e. The zero-order valence-electron chi connectivity index (χ0n) is 10.5. The molecule has 0 aromatic rings. The number of nitrogens with two attached hydrogens (primary N) is 1. The number of hydrogen-bond acceptors (Lipinski definition) is 3. The SMILES string of the molecule is CC[C@@H](N)C(=O)NCC1CCN(CC)CC1. The lowest BCUT2D eigenvalue weighted by Crippen LogP contribution is -2.44. The van der Waals surface area contributed by atoms with Crippen LogP contribution in [-0.4, -0.2) is 43.0 Å². The fourth-order valence-corrected chi connectivity index (χ4v) is 2.07. The Kier molecular flexibility index (Phi) is 5.77. The van der Waals surface area contributed by atoms with E-state index in [1.807, 2.05) is 6.92 Å². The van der Waals surface area contributed by atoms with Crippen molar-refractivity contribution in [3.05, 3.63) is 0 Å². The van der Waals surface area contributed by atoms with Gasteiger partial charge in [-0.3, -0.25) is 4.79 Å². The summed E-state index contributed by atoms with van der Waals surface area (Å²) in [6.45, 7) is 8.39. The first kappa shape index (κ1) is 13.5. The van der Waals surface area contributed by atoms with Gasteiger partial charge in [-0.15, -0.1) is 0 Å². The molecule has 1 heterocycles. The molecule has 1 rings (SSSR count). The summed E-state index contributed by atoms with van der Waals surface area (Å²) in [5.41, 5.74) is 5.66. The number of carbonyl (C=O) groups excluding carboxylic acids is 1. The average Bonchev–Trinajstić information content (AvgIpc) is 2.35. The maximum Gasteiger partial charge on any atom is 0.236 e. The van der Waals surface area contributed by atoms with Gasteiger partial charge in [0.15, 0.2) is 0 Å². The van der Waals surface area contributed by atoms with Crippen molar-refractivity contribution >= 4 is 5.91 Å². The number of hydrogen-bond donors (Lipinski definition) is 2. The first-order valence-corrected chi connectivity index (χ1v) is 6.43. The molecule has 0 radical (unpaired) electrons. The zero-order chi connectivity index (χ0) is 12.0. The molecule has 1 saturated heterocycles. The molecule has 0 spiro atoms. The summed E-state index contributed by atoms with van der Waals surface area (Å²) < 4.78 is 0. The maximum absolute atomic E-state index is 11.5. The van der Waals surface area contributed by atoms with E-state index in [1.165, 1.54) is 12.8 Å². The average molecular weight is 227 g/mol. The number of rotatable bonds is 5. The molecule has 0 aliphatic carbocycles. The number of piperidine rings is 1. The van der Waals surface area contributed by atoms with Gasteiger partial charge in [0.2, 0.25) is 5.91 Å². The summed E-state index contributed by atoms with van der Waals surface area (Å²) in [4.78, 5) is 13.9. The molecule has 0 aromatic carbocycles. The molecule has 1 amide bonds. The lowest BCUT2D eigenvalue weighted by atomic mass is 9.96. The van der Waals surface area contributed by atoms with Crippen molar-refractivity contribution in [2.24, 2.45) is 11.7 Å². The third-order valence-electron chi connectivity index (χ3n) is 3.50. The van der Waals surface area contributed by atoms with Crippen molar-refractivity contribution in [2.75, 3.05) is 26.2 Å². The molecule has 0 bridgehead atoms. The Morgan fingerprint density at radius 1 is 1.44 bits per heavy atom. The minimum Gasteiger partial charge on any atom is -0.354 e. The van der Waals surface area contributed by atoms with Crippen molar-refractivity contribution in [2.45, 2.75) is 39.2 Å². The Hall–Kier alpha value is -0.610. The standard InChI is InChI=1S/C12H25N3O/c1-3-11(13)12(16)14-9-10-5-7-15(4-2)8-6-10/h10-11H,3-9,13H2,1-2H3,(H,14,16)/t11-/m1/s1. The fourth-order valence-electron chi connectivity index (χ4n) is 2.07. The first-order valence-electron chi connectivity index (χ1n) is 6.43. The van der Waals surface area contributed by atoms with Gasteiger partial charge in [0.25, 0.3) is 0 Å². The predicted molar refractivity (Wildman–Crippen MR) is 66.1 cm³/mol. The van der Waals surface area contributed by atoms with Gasteiger partial charge < -0.3 is 16.0 Å². The van der Waals surface area contributed by atoms with Gasteiger partial charge in [-0.25, -0.2) is 0 Å². The van der Waals surface area contributed by atoms with Gasteiger partial charge in [-0.1, -0.05) is 13.8 Å². The lowest BCUT2D eigenvalue weighted by Gasteiger charge is -2.31. The van der Waals surface area contributed by atoms with E-state index in [0.29, 0.717) is 12.3 Å². The summed E-state index contributed by atoms with van der Waals surface area (Å²) in [5, 5.41) is 2.95. The van der Waals surface area contributed by atoms with Crippen LogP contribution in [0.25, 0.3) is 0 Å². The molecule has 0 aromatic heterocycles. The van der Waals surface area contributed by atoms with E-state index < -0.39 is 0 Å². The lowest BCUT2D eigenvalue weighted by molar-refractivity contribution is -0.122. The van der Waals surface area contributed by atoms with Crippen LogP contribution in [0.15, 0.2) is 0 Å². The molecule has 4 nitrogen and oxygen atoms in total. The van der Waals surface area contributed by atoms with Crippen molar-refractivity contribution in [3.8, 4) is 0 Å². The van der Waals surface area contributed by atoms with Crippen LogP contribution < -0.4 is 11.1 Å². The number of amides is 1. The maximum atomic E-state index is 11.5. The van der Waals surface area contributed by atoms with Crippen molar-refractivity contribution in [1.82, 2.24) is 10.2 Å². The third kappa shape index (κ3) is 4.10. The Balaban J connectivity index is 2.17. The molecule has 1 fully saturated rings. The summed E-state index contributed by atoms with van der Waals surface area (Å²) in [6.07, 6.45) is 3.09. The van der Waals surface area contributed by atoms with E-state index in [2.05, 4.69) is 17.1 Å². The highest BCUT2D eigenvalue weighted by molar-refractivity contribution is 5.81. The minimum absolute atomic E-state index is 0.000390. The summed E-state index contributed by atoms with van der Waals surface area (Å²) >= 11 is 0. The molecule has 0 saturated carbocycles. The minimum atomic E-state index is -0.337. The Morgan fingerprint density at radius 3 is 2.56 bits per heavy atom. The van der Waals surface area contributed by atoms with Crippen LogP contribution in [0.4, 0.5) is 0 Å². The molecule has 3 N–H and O–H groups in total. The van der Waals surface area contributed by atoms with Gasteiger partial charge in [-0.2, -0.15) is 0 Å². The number of nitrogens with zero attached hydrogens (tertiary/aromatic N) is 1. The Bertz CT molecular complexity index is 212. The monoisotopic (exact) mass is 227 g/mol. The zero-order valence-corrected chi connectivity index (χ0v) is 10.5. The smallest absolute Gasteiger partial charge is 0.236 e. The molecule has 0 unspecified atom stereocenters. The van der Waals surface area contributed by atoms with Crippen LogP contribution in [0.5, 0.6) is 0 Å². The van der Waals surface area contributed by atoms with Gasteiger partial charge >= 0.3 is 0 Å². The van der Waals surface area contributed by atoms with E-state index in [-0.39, 0.29) is 11.9 Å². The number of likely N-dealkylation sites (tertiary alicyclic amines) is 1. The highest BCUT2D eigenvalue weighted by Gasteiger charge is 2.19. The summed E-state index contributed by atoms with van der Waals surface area (Å²) in [5.74, 6) is 0.635. The molecule has 1 atom stereocenters. The van der Waals surface area contributed by atoms with Crippen LogP contribution in [0.1, 0.15) is 33.1 Å². The van der Waals surface area contributed by atoms with E-state index in [0.717, 1.165) is 26.2 Å². The second-order valence-corrected chi connectivity index (χ2v) is 4.64. The van der Waals surface area contributed by atoms with E-state index in [4.69, 9.17) is 5.73 Å². The fraction of sp³-hybridized carbons (Fsp3) is 0.917. The number of nitrogens with one attached hydrogen (secondary N) is 1. The Morgan fingerprint density at radius 2 is 2.06 bits per heavy atom. The van der Waals surface area contributed by atoms with Crippen LogP contribution in [0.3, 0.4) is 0 Å². The van der Waals surface area contributed by atoms with Crippen LogP contribution in [0, 0.1) is 5.92 Å². The highest BCUT2D eigenvalue weighted by atomic mass is 16.2. The molecule has 94 valence electrons. The third-order valence-corrected chi connectivity index (χ3v) is 3.50. The van der Waals surface area contributed by atoms with E-state index >= 15 is 0 Å². The van der Waals surface area contributed by atoms with Gasteiger partial charge in [0.1, 0.15) is 0 Å². The molecule has 1 aliphatic rings. The Labute approximate surface area is 98.6 Å². The van der Waals surface area contributed by atoms with E-state index in [1.54, 1.807) is 0 Å². The summed E-state index contributed by atoms with van der Waals surface area (Å²) in [6, 6.07) is -0.337. The van der Waals surface area contributed by atoms with Crippen molar-refractivity contribution < 1.29 is 4.79 Å². The van der Waals surface area contributed by atoms with Crippen molar-refractivity contribution in [1.29, 1.82) is 0 Å². The quantitative estimate of drug-likeness (QED) is 0.722. The molecular weight excluding hydrogens is 202 g/mol. The van der Waals surface area contributed by atoms with Crippen molar-refractivity contribution in [3.63, 3.8) is 0 Å². The predicted octanol–water partition coefficient (Wildman–Crippen LogP) is 0.572. The molecular formula is C12H25N3O. The number of carbonyl (C=O) groups is 1.